The summed E-state index contributed by atoms with van der Waals surface area (Å²) in [4.78, 5) is 5.27. The Hall–Kier alpha value is -0.966. The molecule has 0 bridgehead atoms. The molecule has 0 spiro atoms. The molecule has 0 amide bonds. The largest absolute Gasteiger partial charge is 0.382 e. The molecule has 2 aromatic carbocycles. The molecule has 3 nitrogen and oxygen atoms in total. The van der Waals surface area contributed by atoms with E-state index in [0.29, 0.717) is 5.92 Å². The van der Waals surface area contributed by atoms with Crippen LogP contribution in [0, 0.1) is 18.8 Å². The Morgan fingerprint density at radius 2 is 2.00 bits per heavy atom. The summed E-state index contributed by atoms with van der Waals surface area (Å²) in [6, 6.07) is 16.0. The van der Waals surface area contributed by atoms with Crippen LogP contribution < -0.4 is 10.2 Å². The van der Waals surface area contributed by atoms with Crippen LogP contribution in [0.5, 0.6) is 0 Å². The first kappa shape index (κ1) is 20.8. The van der Waals surface area contributed by atoms with Crippen LogP contribution in [0.25, 0.3) is 0 Å². The Kier molecular flexibility index (Phi) is 7.30. The number of piperidine rings is 1. The van der Waals surface area contributed by atoms with Gasteiger partial charge in [0.15, 0.2) is 0 Å². The van der Waals surface area contributed by atoms with Gasteiger partial charge in [0.05, 0.1) is 11.4 Å². The van der Waals surface area contributed by atoms with Gasteiger partial charge in [0.2, 0.25) is 0 Å². The van der Waals surface area contributed by atoms with Gasteiger partial charge in [-0.1, -0.05) is 12.1 Å². The molecule has 2 atom stereocenters. The number of benzene rings is 2. The minimum absolute atomic E-state index is 0. The molecule has 141 valence electrons. The van der Waals surface area contributed by atoms with Crippen molar-refractivity contribution in [2.75, 3.05) is 42.9 Å². The molecule has 1 N–H and O–H groups in total. The van der Waals surface area contributed by atoms with Crippen LogP contribution in [0.2, 0.25) is 0 Å². The summed E-state index contributed by atoms with van der Waals surface area (Å²) in [7, 11) is 0. The average molecular weight is 440 g/mol. The Morgan fingerprint density at radius 3 is 2.70 bits per heavy atom. The van der Waals surface area contributed by atoms with E-state index >= 15 is 0 Å². The minimum atomic E-state index is -0.209. The number of nitrogens with one attached hydrogen (secondary N) is 1. The number of para-hydroxylation sites is 1. The van der Waals surface area contributed by atoms with Crippen molar-refractivity contribution in [3.63, 3.8) is 0 Å². The molecule has 3 aliphatic rings. The normalized spacial score (nSPS) is 22.5. The summed E-state index contributed by atoms with van der Waals surface area (Å²) >= 11 is 0. The van der Waals surface area contributed by atoms with Gasteiger partial charge < -0.3 is 22.0 Å². The number of likely N-dealkylation sites (tertiary alicyclic amines) is 1. The van der Waals surface area contributed by atoms with Crippen LogP contribution in [0.3, 0.4) is 0 Å². The van der Waals surface area contributed by atoms with Gasteiger partial charge in [0, 0.05) is 76.7 Å². The molecule has 0 aromatic heterocycles. The van der Waals surface area contributed by atoms with E-state index < -0.39 is 0 Å². The fourth-order valence-electron chi connectivity index (χ4n) is 4.56. The predicted molar refractivity (Wildman–Crippen MR) is 105 cm³/mol. The van der Waals surface area contributed by atoms with Crippen LogP contribution in [0.15, 0.2) is 42.5 Å². The van der Waals surface area contributed by atoms with Crippen molar-refractivity contribution in [3.05, 3.63) is 66.8 Å². The number of anilines is 2. The number of hydrogen-bond acceptors (Lipinski definition) is 3. The molecular formula is C22H26FN3Y-2. The van der Waals surface area contributed by atoms with Crippen molar-refractivity contribution in [1.29, 1.82) is 0 Å². The molecule has 27 heavy (non-hydrogen) atoms. The Balaban J connectivity index is 0.000000225. The topological polar surface area (TPSA) is 18.5 Å². The zero-order valence-corrected chi connectivity index (χ0v) is 18.5. The second-order valence-corrected chi connectivity index (χ2v) is 7.20. The van der Waals surface area contributed by atoms with E-state index in [1.807, 2.05) is 0 Å². The van der Waals surface area contributed by atoms with E-state index in [9.17, 15) is 4.39 Å². The average Bonchev–Trinajstić information content (AvgIpc) is 2.99. The first-order valence-corrected chi connectivity index (χ1v) is 9.54. The second kappa shape index (κ2) is 9.49. The van der Waals surface area contributed by atoms with Crippen molar-refractivity contribution in [1.82, 2.24) is 4.90 Å². The van der Waals surface area contributed by atoms with Gasteiger partial charge in [-0.05, 0) is 24.6 Å². The minimum Gasteiger partial charge on any atom is -0.382 e. The van der Waals surface area contributed by atoms with Crippen molar-refractivity contribution < 1.29 is 37.1 Å². The van der Waals surface area contributed by atoms with E-state index in [1.54, 1.807) is 5.56 Å². The van der Waals surface area contributed by atoms with E-state index in [1.165, 1.54) is 61.7 Å². The number of halogens is 1. The third kappa shape index (κ3) is 4.39. The maximum absolute atomic E-state index is 11.9. The summed E-state index contributed by atoms with van der Waals surface area (Å²) < 4.78 is 11.9. The van der Waals surface area contributed by atoms with Crippen molar-refractivity contribution in [3.8, 4) is 0 Å². The van der Waals surface area contributed by atoms with Crippen LogP contribution in [-0.2, 0) is 32.7 Å². The fourth-order valence-corrected chi connectivity index (χ4v) is 4.56. The van der Waals surface area contributed by atoms with Gasteiger partial charge in [-0.15, -0.1) is 12.1 Å². The summed E-state index contributed by atoms with van der Waals surface area (Å²) in [6.07, 6.45) is 2.33. The van der Waals surface area contributed by atoms with Crippen LogP contribution >= 0.6 is 0 Å². The molecule has 3 heterocycles. The molecule has 0 aliphatic carbocycles. The van der Waals surface area contributed by atoms with Gasteiger partial charge in [-0.25, -0.2) is 4.39 Å². The van der Waals surface area contributed by atoms with Crippen molar-refractivity contribution >= 4 is 11.4 Å². The Bertz CT molecular complexity index is 740. The zero-order chi connectivity index (χ0) is 17.9. The van der Waals surface area contributed by atoms with Gasteiger partial charge in [-0.3, -0.25) is 0 Å². The number of nitrogens with zero attached hydrogens (tertiary/aromatic N) is 2. The molecule has 1 radical (unpaired) electrons. The number of fused-ring (bicyclic) bond motifs is 3. The Labute approximate surface area is 187 Å². The number of rotatable bonds is 2. The fraction of sp³-hybridized carbons (Fsp3) is 0.409. The Morgan fingerprint density at radius 1 is 1.19 bits per heavy atom. The molecule has 2 aromatic rings. The second-order valence-electron chi connectivity index (χ2n) is 7.20. The van der Waals surface area contributed by atoms with Crippen LogP contribution in [-0.4, -0.2) is 43.7 Å². The van der Waals surface area contributed by atoms with Crippen molar-refractivity contribution in [2.45, 2.75) is 24.8 Å². The third-order valence-corrected chi connectivity index (χ3v) is 5.63. The van der Waals surface area contributed by atoms with Gasteiger partial charge in [-0.2, -0.15) is 24.6 Å². The summed E-state index contributed by atoms with van der Waals surface area (Å²) in [5.41, 5.74) is 4.42. The quantitative estimate of drug-likeness (QED) is 0.714. The van der Waals surface area contributed by atoms with E-state index in [4.69, 9.17) is 0 Å². The maximum atomic E-state index is 11.9. The molecule has 5 rings (SSSR count). The smallest absolute Gasteiger partial charge is 0.0642 e. The first-order valence-electron chi connectivity index (χ1n) is 9.54. The van der Waals surface area contributed by atoms with Crippen LogP contribution in [0.1, 0.15) is 24.3 Å². The van der Waals surface area contributed by atoms with E-state index in [0.717, 1.165) is 25.6 Å². The summed E-state index contributed by atoms with van der Waals surface area (Å²) in [5.74, 6) is 0.494. The molecule has 5 heteroatoms. The zero-order valence-electron chi connectivity index (χ0n) is 15.7. The SMILES string of the molecule is Fc1cc[c-]cc1.[CH2-]CCN1CC[C@H]2[C@@H](C1)c1cccc3c1N2CCN3.[Y]. The molecule has 1 saturated heterocycles. The predicted octanol–water partition coefficient (Wildman–Crippen LogP) is 3.94. The molecule has 1 fully saturated rings. The maximum Gasteiger partial charge on any atom is 0.0642 e. The standard InChI is InChI=1S/C16H22N3.C6H4F.Y/c1-2-8-18-9-6-15-13(11-18)12-4-3-5-14-16(12)19(15)10-7-17-14;7-6-4-2-1-3-5-6;/h3-5,13,15,17H,1-2,6-11H2;2-5H;/q2*-1;/t13-,15-;;/m0../s1. The molecule has 0 unspecified atom stereocenters. The van der Waals surface area contributed by atoms with E-state index in [-0.39, 0.29) is 38.5 Å². The van der Waals surface area contributed by atoms with Crippen molar-refractivity contribution in [2.24, 2.45) is 0 Å². The third-order valence-electron chi connectivity index (χ3n) is 5.63. The molecule has 3 aliphatic heterocycles. The number of hydrogen-bond donors (Lipinski definition) is 1. The first-order chi connectivity index (χ1) is 12.8. The summed E-state index contributed by atoms with van der Waals surface area (Å²) in [5, 5.41) is 3.55. The van der Waals surface area contributed by atoms with Crippen LogP contribution in [0.4, 0.5) is 15.8 Å². The molecular weight excluding hydrogens is 414 g/mol. The van der Waals surface area contributed by atoms with E-state index in [2.05, 4.69) is 46.3 Å². The summed E-state index contributed by atoms with van der Waals surface area (Å²) in [6.45, 7) is 9.86. The molecule has 0 saturated carbocycles. The monoisotopic (exact) mass is 440 g/mol. The van der Waals surface area contributed by atoms with Gasteiger partial charge in [0.25, 0.3) is 0 Å². The van der Waals surface area contributed by atoms with Gasteiger partial charge in [0.1, 0.15) is 0 Å². The van der Waals surface area contributed by atoms with Gasteiger partial charge >= 0.3 is 0 Å².